The van der Waals surface area contributed by atoms with Gasteiger partial charge in [0.15, 0.2) is 0 Å². The second-order valence-corrected chi connectivity index (χ2v) is 2.54. The standard InChI is InChI=1S/C7H11N3O/c1-9(2)6-4-5-8-10(3)7(6)11/h4-5H,1-3H3. The van der Waals surface area contributed by atoms with Crippen LogP contribution in [0.4, 0.5) is 5.69 Å². The van der Waals surface area contributed by atoms with E-state index >= 15 is 0 Å². The van der Waals surface area contributed by atoms with Gasteiger partial charge in [-0.15, -0.1) is 0 Å². The van der Waals surface area contributed by atoms with Crippen molar-refractivity contribution in [3.8, 4) is 0 Å². The molecule has 0 unspecified atom stereocenters. The molecule has 0 aliphatic heterocycles. The van der Waals surface area contributed by atoms with E-state index in [-0.39, 0.29) is 5.56 Å². The first kappa shape index (κ1) is 7.78. The van der Waals surface area contributed by atoms with Crippen molar-refractivity contribution in [3.05, 3.63) is 22.6 Å². The Morgan fingerprint density at radius 3 is 2.64 bits per heavy atom. The fourth-order valence-corrected chi connectivity index (χ4v) is 0.834. The number of aryl methyl sites for hydroxylation is 1. The maximum absolute atomic E-state index is 11.3. The van der Waals surface area contributed by atoms with Gasteiger partial charge in [-0.3, -0.25) is 4.79 Å². The molecule has 0 spiro atoms. The molecule has 60 valence electrons. The van der Waals surface area contributed by atoms with Gasteiger partial charge in [0.25, 0.3) is 5.56 Å². The minimum Gasteiger partial charge on any atom is -0.373 e. The molecule has 0 aliphatic rings. The fraction of sp³-hybridized carbons (Fsp3) is 0.429. The van der Waals surface area contributed by atoms with Crippen molar-refractivity contribution in [2.45, 2.75) is 0 Å². The summed E-state index contributed by atoms with van der Waals surface area (Å²) in [7, 11) is 5.29. The van der Waals surface area contributed by atoms with Crippen molar-refractivity contribution in [1.29, 1.82) is 0 Å². The summed E-state index contributed by atoms with van der Waals surface area (Å²) in [6, 6.07) is 1.70. The zero-order valence-electron chi connectivity index (χ0n) is 6.90. The lowest BCUT2D eigenvalue weighted by Crippen LogP contribution is -2.26. The minimum absolute atomic E-state index is 0.0718. The van der Waals surface area contributed by atoms with Crippen LogP contribution < -0.4 is 10.5 Å². The van der Waals surface area contributed by atoms with Crippen LogP contribution in [-0.4, -0.2) is 23.9 Å². The van der Waals surface area contributed by atoms with E-state index in [1.807, 2.05) is 14.1 Å². The van der Waals surface area contributed by atoms with Crippen molar-refractivity contribution in [1.82, 2.24) is 9.78 Å². The van der Waals surface area contributed by atoms with Gasteiger partial charge in [0.05, 0.1) is 0 Å². The molecule has 1 aromatic rings. The lowest BCUT2D eigenvalue weighted by molar-refractivity contribution is 0.705. The maximum Gasteiger partial charge on any atom is 0.289 e. The number of rotatable bonds is 1. The summed E-state index contributed by atoms with van der Waals surface area (Å²) in [4.78, 5) is 13.0. The van der Waals surface area contributed by atoms with Crippen LogP contribution in [0.25, 0.3) is 0 Å². The molecular formula is C7H11N3O. The molecule has 1 rings (SSSR count). The van der Waals surface area contributed by atoms with Crippen molar-refractivity contribution < 1.29 is 0 Å². The number of aromatic nitrogens is 2. The van der Waals surface area contributed by atoms with E-state index in [9.17, 15) is 4.79 Å². The lowest BCUT2D eigenvalue weighted by atomic mass is 10.4. The summed E-state index contributed by atoms with van der Waals surface area (Å²) in [6.07, 6.45) is 1.61. The first-order valence-electron chi connectivity index (χ1n) is 3.32. The first-order valence-corrected chi connectivity index (χ1v) is 3.32. The molecule has 0 aliphatic carbocycles. The zero-order valence-corrected chi connectivity index (χ0v) is 6.90. The minimum atomic E-state index is -0.0718. The van der Waals surface area contributed by atoms with Crippen LogP contribution in [0.1, 0.15) is 0 Å². The number of hydrogen-bond acceptors (Lipinski definition) is 3. The molecule has 0 N–H and O–H groups in total. The second kappa shape index (κ2) is 2.74. The fourth-order valence-electron chi connectivity index (χ4n) is 0.834. The van der Waals surface area contributed by atoms with Gasteiger partial charge in [-0.05, 0) is 6.07 Å². The van der Waals surface area contributed by atoms with Crippen molar-refractivity contribution in [3.63, 3.8) is 0 Å². The highest BCUT2D eigenvalue weighted by Gasteiger charge is 2.01. The maximum atomic E-state index is 11.3. The van der Waals surface area contributed by atoms with Gasteiger partial charge < -0.3 is 4.90 Å². The molecule has 11 heavy (non-hydrogen) atoms. The van der Waals surface area contributed by atoms with Crippen LogP contribution in [0.15, 0.2) is 17.1 Å². The Bertz CT molecular complexity index is 303. The first-order chi connectivity index (χ1) is 5.13. The molecule has 0 radical (unpaired) electrons. The normalized spacial score (nSPS) is 9.73. The van der Waals surface area contributed by atoms with Gasteiger partial charge >= 0.3 is 0 Å². The van der Waals surface area contributed by atoms with Gasteiger partial charge in [0.1, 0.15) is 5.69 Å². The molecule has 0 atom stereocenters. The van der Waals surface area contributed by atoms with E-state index in [0.717, 1.165) is 0 Å². The van der Waals surface area contributed by atoms with Gasteiger partial charge in [0.2, 0.25) is 0 Å². The van der Waals surface area contributed by atoms with E-state index < -0.39 is 0 Å². The van der Waals surface area contributed by atoms with Crippen molar-refractivity contribution in [2.24, 2.45) is 7.05 Å². The summed E-state index contributed by atoms with van der Waals surface area (Å²) in [5.74, 6) is 0. The van der Waals surface area contributed by atoms with Gasteiger partial charge in [-0.25, -0.2) is 4.68 Å². The molecule has 0 saturated carbocycles. The van der Waals surface area contributed by atoms with E-state index in [4.69, 9.17) is 0 Å². The lowest BCUT2D eigenvalue weighted by Gasteiger charge is -2.10. The van der Waals surface area contributed by atoms with Crippen LogP contribution in [0, 0.1) is 0 Å². The van der Waals surface area contributed by atoms with Crippen molar-refractivity contribution in [2.75, 3.05) is 19.0 Å². The topological polar surface area (TPSA) is 38.1 Å². The summed E-state index contributed by atoms with van der Waals surface area (Å²) in [6.45, 7) is 0. The largest absolute Gasteiger partial charge is 0.373 e. The molecule has 0 fully saturated rings. The van der Waals surface area contributed by atoms with E-state index in [0.29, 0.717) is 5.69 Å². The number of hydrogen-bond donors (Lipinski definition) is 0. The monoisotopic (exact) mass is 153 g/mol. The smallest absolute Gasteiger partial charge is 0.289 e. The van der Waals surface area contributed by atoms with Crippen LogP contribution in [-0.2, 0) is 7.05 Å². The number of nitrogens with zero attached hydrogens (tertiary/aromatic N) is 3. The Hall–Kier alpha value is -1.32. The second-order valence-electron chi connectivity index (χ2n) is 2.54. The Kier molecular flexibility index (Phi) is 1.94. The van der Waals surface area contributed by atoms with Crippen LogP contribution >= 0.6 is 0 Å². The Labute approximate surface area is 65.1 Å². The molecule has 1 aromatic heterocycles. The molecule has 1 heterocycles. The van der Waals surface area contributed by atoms with Crippen LogP contribution in [0.2, 0.25) is 0 Å². The summed E-state index contributed by atoms with van der Waals surface area (Å²) < 4.78 is 1.31. The van der Waals surface area contributed by atoms with E-state index in [1.165, 1.54) is 4.68 Å². The molecule has 4 heteroatoms. The summed E-state index contributed by atoms with van der Waals surface area (Å²) >= 11 is 0. The predicted octanol–water partition coefficient (Wildman–Crippen LogP) is -0.154. The molecule has 0 amide bonds. The molecular weight excluding hydrogens is 142 g/mol. The third-order valence-corrected chi connectivity index (χ3v) is 1.47. The number of anilines is 1. The van der Waals surface area contributed by atoms with Gasteiger partial charge in [0, 0.05) is 27.3 Å². The SMILES string of the molecule is CN(C)c1ccnn(C)c1=O. The van der Waals surface area contributed by atoms with E-state index in [1.54, 1.807) is 24.2 Å². The van der Waals surface area contributed by atoms with Crippen molar-refractivity contribution >= 4 is 5.69 Å². The Morgan fingerprint density at radius 2 is 2.18 bits per heavy atom. The zero-order chi connectivity index (χ0) is 8.43. The predicted molar refractivity (Wildman–Crippen MR) is 43.8 cm³/mol. The highest BCUT2D eigenvalue weighted by Crippen LogP contribution is 1.98. The molecule has 0 bridgehead atoms. The van der Waals surface area contributed by atoms with Gasteiger partial charge in [-0.1, -0.05) is 0 Å². The Balaban J connectivity index is 3.28. The quantitative estimate of drug-likeness (QED) is 0.563. The average Bonchev–Trinajstić information content (AvgIpc) is 1.94. The van der Waals surface area contributed by atoms with Crippen LogP contribution in [0.5, 0.6) is 0 Å². The third kappa shape index (κ3) is 1.39. The molecule has 0 saturated heterocycles. The molecule has 4 nitrogen and oxygen atoms in total. The summed E-state index contributed by atoms with van der Waals surface area (Å²) in [5.41, 5.74) is 0.583. The Morgan fingerprint density at radius 1 is 1.55 bits per heavy atom. The summed E-state index contributed by atoms with van der Waals surface area (Å²) in [5, 5.41) is 3.80. The molecule has 0 aromatic carbocycles. The highest BCUT2D eigenvalue weighted by atomic mass is 16.1. The average molecular weight is 153 g/mol. The highest BCUT2D eigenvalue weighted by molar-refractivity contribution is 5.40. The van der Waals surface area contributed by atoms with Crippen LogP contribution in [0.3, 0.4) is 0 Å². The third-order valence-electron chi connectivity index (χ3n) is 1.47. The van der Waals surface area contributed by atoms with E-state index in [2.05, 4.69) is 5.10 Å². The van der Waals surface area contributed by atoms with Gasteiger partial charge in [-0.2, -0.15) is 5.10 Å².